The highest BCUT2D eigenvalue weighted by atomic mass is 16.1. The summed E-state index contributed by atoms with van der Waals surface area (Å²) in [6.45, 7) is 2.51. The van der Waals surface area contributed by atoms with Crippen molar-refractivity contribution < 1.29 is 0 Å². The first-order chi connectivity index (χ1) is 8.70. The molecule has 0 saturated heterocycles. The molecule has 1 aromatic carbocycles. The molecule has 18 heavy (non-hydrogen) atoms. The van der Waals surface area contributed by atoms with Crippen LogP contribution < -0.4 is 11.3 Å². The highest BCUT2D eigenvalue weighted by Crippen LogP contribution is 2.13. The van der Waals surface area contributed by atoms with E-state index in [1.807, 2.05) is 12.1 Å². The van der Waals surface area contributed by atoms with Crippen molar-refractivity contribution in [2.45, 2.75) is 25.9 Å². The van der Waals surface area contributed by atoms with Gasteiger partial charge in [0.2, 0.25) is 0 Å². The Hall–Kier alpha value is -1.94. The van der Waals surface area contributed by atoms with E-state index in [0.29, 0.717) is 6.54 Å². The van der Waals surface area contributed by atoms with Gasteiger partial charge in [-0.25, -0.2) is 4.68 Å². The van der Waals surface area contributed by atoms with Crippen molar-refractivity contribution in [3.8, 4) is 0 Å². The van der Waals surface area contributed by atoms with Crippen LogP contribution in [0.25, 0.3) is 0 Å². The molecule has 1 aromatic heterocycles. The fraction of sp³-hybridized carbons (Fsp3) is 0.286. The molecule has 4 heteroatoms. The van der Waals surface area contributed by atoms with Gasteiger partial charge in [-0.1, -0.05) is 31.2 Å². The third kappa shape index (κ3) is 2.84. The molecule has 2 aromatic rings. The largest absolute Gasteiger partial charge is 0.322 e. The van der Waals surface area contributed by atoms with Gasteiger partial charge in [0.25, 0.3) is 5.56 Å². The summed E-state index contributed by atoms with van der Waals surface area (Å²) in [5.41, 5.74) is 8.26. The van der Waals surface area contributed by atoms with Crippen molar-refractivity contribution in [3.05, 3.63) is 64.1 Å². The molecule has 0 spiro atoms. The number of benzene rings is 1. The maximum Gasteiger partial charge on any atom is 0.266 e. The Morgan fingerprint density at radius 1 is 1.28 bits per heavy atom. The van der Waals surface area contributed by atoms with Crippen molar-refractivity contribution in [1.82, 2.24) is 9.78 Å². The summed E-state index contributed by atoms with van der Waals surface area (Å²) >= 11 is 0. The first kappa shape index (κ1) is 12.5. The molecule has 0 amide bonds. The van der Waals surface area contributed by atoms with Crippen molar-refractivity contribution in [2.24, 2.45) is 5.73 Å². The molecule has 0 aliphatic carbocycles. The normalized spacial score (nSPS) is 12.3. The summed E-state index contributed by atoms with van der Waals surface area (Å²) in [6.07, 6.45) is 2.60. The van der Waals surface area contributed by atoms with Crippen LogP contribution in [0.1, 0.15) is 24.1 Å². The lowest BCUT2D eigenvalue weighted by Gasteiger charge is -2.13. The van der Waals surface area contributed by atoms with Crippen molar-refractivity contribution in [3.63, 3.8) is 0 Å². The molecule has 2 N–H and O–H groups in total. The number of nitrogens with zero attached hydrogens (tertiary/aromatic N) is 2. The van der Waals surface area contributed by atoms with E-state index in [2.05, 4.69) is 24.2 Å². The number of hydrogen-bond acceptors (Lipinski definition) is 3. The second-order valence-electron chi connectivity index (χ2n) is 4.25. The molecule has 0 aliphatic heterocycles. The van der Waals surface area contributed by atoms with Crippen LogP contribution in [0.5, 0.6) is 0 Å². The lowest BCUT2D eigenvalue weighted by molar-refractivity contribution is 0.503. The summed E-state index contributed by atoms with van der Waals surface area (Å²) in [4.78, 5) is 11.5. The van der Waals surface area contributed by atoms with E-state index in [4.69, 9.17) is 5.73 Å². The van der Waals surface area contributed by atoms with Crippen LogP contribution in [0.15, 0.2) is 47.4 Å². The van der Waals surface area contributed by atoms with Crippen LogP contribution in [-0.4, -0.2) is 9.78 Å². The molecule has 1 heterocycles. The van der Waals surface area contributed by atoms with Crippen LogP contribution in [0.3, 0.4) is 0 Å². The van der Waals surface area contributed by atoms with E-state index in [1.54, 1.807) is 12.3 Å². The van der Waals surface area contributed by atoms with Crippen LogP contribution in [0.4, 0.5) is 0 Å². The Balaban J connectivity index is 2.14. The minimum Gasteiger partial charge on any atom is -0.322 e. The molecule has 2 rings (SSSR count). The van der Waals surface area contributed by atoms with Gasteiger partial charge in [0, 0.05) is 18.3 Å². The van der Waals surface area contributed by atoms with E-state index in [-0.39, 0.29) is 11.6 Å². The van der Waals surface area contributed by atoms with Gasteiger partial charge in [0.1, 0.15) is 0 Å². The average Bonchev–Trinajstić information content (AvgIpc) is 2.41. The van der Waals surface area contributed by atoms with Gasteiger partial charge in [-0.2, -0.15) is 5.10 Å². The van der Waals surface area contributed by atoms with Crippen LogP contribution >= 0.6 is 0 Å². The summed E-state index contributed by atoms with van der Waals surface area (Å²) in [6, 6.07) is 11.0. The summed E-state index contributed by atoms with van der Waals surface area (Å²) in [5.74, 6) is 0. The van der Waals surface area contributed by atoms with Gasteiger partial charge in [-0.15, -0.1) is 0 Å². The fourth-order valence-electron chi connectivity index (χ4n) is 1.82. The van der Waals surface area contributed by atoms with Gasteiger partial charge in [0.05, 0.1) is 6.54 Å². The third-order valence-electron chi connectivity index (χ3n) is 2.97. The maximum absolute atomic E-state index is 11.5. The van der Waals surface area contributed by atoms with E-state index >= 15 is 0 Å². The fourth-order valence-corrected chi connectivity index (χ4v) is 1.82. The minimum atomic E-state index is -0.219. The van der Waals surface area contributed by atoms with Gasteiger partial charge in [-0.05, 0) is 23.6 Å². The predicted molar refractivity (Wildman–Crippen MR) is 71.2 cm³/mol. The van der Waals surface area contributed by atoms with Crippen LogP contribution in [-0.2, 0) is 13.0 Å². The van der Waals surface area contributed by atoms with Gasteiger partial charge < -0.3 is 5.73 Å². The monoisotopic (exact) mass is 243 g/mol. The molecular weight excluding hydrogens is 226 g/mol. The maximum atomic E-state index is 11.5. The van der Waals surface area contributed by atoms with E-state index in [9.17, 15) is 4.79 Å². The number of rotatable bonds is 4. The first-order valence-corrected chi connectivity index (χ1v) is 6.07. The third-order valence-corrected chi connectivity index (χ3v) is 2.97. The molecule has 0 radical (unpaired) electrons. The quantitative estimate of drug-likeness (QED) is 0.885. The van der Waals surface area contributed by atoms with Gasteiger partial charge in [0.15, 0.2) is 0 Å². The lowest BCUT2D eigenvalue weighted by Crippen LogP contribution is -2.27. The van der Waals surface area contributed by atoms with E-state index < -0.39 is 0 Å². The number of nitrogens with two attached hydrogens (primary N) is 1. The molecule has 1 unspecified atom stereocenters. The van der Waals surface area contributed by atoms with Crippen LogP contribution in [0, 0.1) is 0 Å². The Labute approximate surface area is 106 Å². The SMILES string of the molecule is CCc1ccc(C(N)Cn2ncccc2=O)cc1. The second kappa shape index (κ2) is 5.60. The minimum absolute atomic E-state index is 0.127. The Morgan fingerprint density at radius 2 is 2.00 bits per heavy atom. The molecule has 0 saturated carbocycles. The van der Waals surface area contributed by atoms with Gasteiger partial charge >= 0.3 is 0 Å². The molecule has 1 atom stereocenters. The molecule has 0 bridgehead atoms. The topological polar surface area (TPSA) is 60.9 Å². The Kier molecular flexibility index (Phi) is 3.89. The molecule has 4 nitrogen and oxygen atoms in total. The van der Waals surface area contributed by atoms with Crippen molar-refractivity contribution >= 4 is 0 Å². The lowest BCUT2D eigenvalue weighted by atomic mass is 10.0. The number of aryl methyl sites for hydroxylation is 1. The number of aromatic nitrogens is 2. The smallest absolute Gasteiger partial charge is 0.266 e. The van der Waals surface area contributed by atoms with E-state index in [0.717, 1.165) is 12.0 Å². The Bertz CT molecular complexity index is 560. The van der Waals surface area contributed by atoms with Crippen molar-refractivity contribution in [2.75, 3.05) is 0 Å². The summed E-state index contributed by atoms with van der Waals surface area (Å²) < 4.78 is 1.39. The molecule has 0 aliphatic rings. The summed E-state index contributed by atoms with van der Waals surface area (Å²) in [5, 5.41) is 4.00. The average molecular weight is 243 g/mol. The zero-order chi connectivity index (χ0) is 13.0. The Morgan fingerprint density at radius 3 is 2.61 bits per heavy atom. The molecule has 0 fully saturated rings. The van der Waals surface area contributed by atoms with Crippen molar-refractivity contribution in [1.29, 1.82) is 0 Å². The zero-order valence-corrected chi connectivity index (χ0v) is 10.4. The standard InChI is InChI=1S/C14H17N3O/c1-2-11-5-7-12(8-6-11)13(15)10-17-14(18)4-3-9-16-17/h3-9,13H,2,10,15H2,1H3. The molecule has 94 valence electrons. The highest BCUT2D eigenvalue weighted by molar-refractivity contribution is 5.24. The van der Waals surface area contributed by atoms with Gasteiger partial charge in [-0.3, -0.25) is 4.79 Å². The van der Waals surface area contributed by atoms with E-state index in [1.165, 1.54) is 16.3 Å². The zero-order valence-electron chi connectivity index (χ0n) is 10.4. The predicted octanol–water partition coefficient (Wildman–Crippen LogP) is 1.51. The van der Waals surface area contributed by atoms with Crippen LogP contribution in [0.2, 0.25) is 0 Å². The second-order valence-corrected chi connectivity index (χ2v) is 4.25. The number of hydrogen-bond donors (Lipinski definition) is 1. The summed E-state index contributed by atoms with van der Waals surface area (Å²) in [7, 11) is 0. The molecular formula is C14H17N3O. The highest BCUT2D eigenvalue weighted by Gasteiger charge is 2.08. The first-order valence-electron chi connectivity index (χ1n) is 6.07.